The number of Topliss-reactive ketones (excluding diaryl/α,β-unsaturated/α-hetero) is 1. The van der Waals surface area contributed by atoms with Crippen LogP contribution in [0.25, 0.3) is 22.2 Å². The highest BCUT2D eigenvalue weighted by Crippen LogP contribution is 2.40. The van der Waals surface area contributed by atoms with Gasteiger partial charge in [0.05, 0.1) is 46.4 Å². The predicted molar refractivity (Wildman–Crippen MR) is 162 cm³/mol. The third kappa shape index (κ3) is 5.27. The van der Waals surface area contributed by atoms with Crippen LogP contribution in [0, 0.1) is 11.8 Å². The zero-order valence-corrected chi connectivity index (χ0v) is 24.5. The van der Waals surface area contributed by atoms with E-state index in [0.717, 1.165) is 25.7 Å². The maximum absolute atomic E-state index is 13.5. The SMILES string of the molecule is COc1ccc(C(=O)C(C)OC(=O)c2cc(-c3ccc(N4C(=O)C5CCCCC5C4=O)cc3)nc3c(Cl)cccc23)cc1. The van der Waals surface area contributed by atoms with Crippen LogP contribution in [0.4, 0.5) is 5.69 Å². The average molecular weight is 597 g/mol. The second-order valence-corrected chi connectivity index (χ2v) is 11.3. The summed E-state index contributed by atoms with van der Waals surface area (Å²) >= 11 is 6.50. The number of methoxy groups -OCH3 is 1. The number of benzene rings is 3. The summed E-state index contributed by atoms with van der Waals surface area (Å²) in [4.78, 5) is 58.6. The molecule has 218 valence electrons. The molecule has 2 aliphatic rings. The highest BCUT2D eigenvalue weighted by atomic mass is 35.5. The van der Waals surface area contributed by atoms with Crippen LogP contribution < -0.4 is 9.64 Å². The van der Waals surface area contributed by atoms with Gasteiger partial charge in [0.2, 0.25) is 17.6 Å². The number of pyridine rings is 1. The third-order valence-electron chi connectivity index (χ3n) is 8.30. The minimum atomic E-state index is -1.05. The molecule has 0 spiro atoms. The van der Waals surface area contributed by atoms with E-state index in [9.17, 15) is 19.2 Å². The van der Waals surface area contributed by atoms with Gasteiger partial charge >= 0.3 is 5.97 Å². The van der Waals surface area contributed by atoms with Crippen molar-refractivity contribution < 1.29 is 28.7 Å². The molecule has 2 fully saturated rings. The van der Waals surface area contributed by atoms with Crippen molar-refractivity contribution >= 4 is 51.8 Å². The minimum Gasteiger partial charge on any atom is -0.497 e. The van der Waals surface area contributed by atoms with E-state index >= 15 is 0 Å². The van der Waals surface area contributed by atoms with Crippen LogP contribution in [-0.2, 0) is 14.3 Å². The zero-order chi connectivity index (χ0) is 30.2. The molecule has 4 aromatic rings. The van der Waals surface area contributed by atoms with Crippen LogP contribution in [0.2, 0.25) is 5.02 Å². The molecule has 6 rings (SSSR count). The molecular formula is C34H29ClN2O6. The Balaban J connectivity index is 1.29. The van der Waals surface area contributed by atoms with Gasteiger partial charge in [-0.05, 0) is 68.3 Å². The molecule has 1 aromatic heterocycles. The van der Waals surface area contributed by atoms with Gasteiger partial charge in [0.1, 0.15) is 5.75 Å². The number of carbonyl (C=O) groups is 4. The molecule has 3 unspecified atom stereocenters. The van der Waals surface area contributed by atoms with Crippen LogP contribution in [0.5, 0.6) is 5.75 Å². The van der Waals surface area contributed by atoms with E-state index in [2.05, 4.69) is 0 Å². The number of anilines is 1. The van der Waals surface area contributed by atoms with Crippen molar-refractivity contribution in [2.75, 3.05) is 12.0 Å². The zero-order valence-electron chi connectivity index (χ0n) is 23.7. The third-order valence-corrected chi connectivity index (χ3v) is 8.61. The summed E-state index contributed by atoms with van der Waals surface area (Å²) < 4.78 is 10.8. The molecule has 3 aromatic carbocycles. The largest absolute Gasteiger partial charge is 0.497 e. The Morgan fingerprint density at radius 3 is 2.21 bits per heavy atom. The van der Waals surface area contributed by atoms with E-state index in [-0.39, 0.29) is 35.0 Å². The van der Waals surface area contributed by atoms with Crippen molar-refractivity contribution in [2.24, 2.45) is 11.8 Å². The Morgan fingerprint density at radius 2 is 1.58 bits per heavy atom. The molecule has 1 saturated heterocycles. The number of ketones is 1. The molecule has 9 heteroatoms. The first-order valence-corrected chi connectivity index (χ1v) is 14.6. The first-order chi connectivity index (χ1) is 20.8. The van der Waals surface area contributed by atoms with Crippen molar-refractivity contribution in [3.8, 4) is 17.0 Å². The van der Waals surface area contributed by atoms with E-state index in [0.29, 0.717) is 44.2 Å². The molecular weight excluding hydrogens is 568 g/mol. The van der Waals surface area contributed by atoms with Gasteiger partial charge in [0.25, 0.3) is 0 Å². The van der Waals surface area contributed by atoms with Crippen LogP contribution in [0.3, 0.4) is 0 Å². The fraction of sp³-hybridized carbons (Fsp3) is 0.265. The highest BCUT2D eigenvalue weighted by Gasteiger charge is 2.48. The van der Waals surface area contributed by atoms with E-state index < -0.39 is 12.1 Å². The van der Waals surface area contributed by atoms with E-state index in [1.54, 1.807) is 72.8 Å². The summed E-state index contributed by atoms with van der Waals surface area (Å²) in [5.74, 6) is -1.19. The van der Waals surface area contributed by atoms with Crippen LogP contribution >= 0.6 is 11.6 Å². The Labute approximate surface area is 253 Å². The summed E-state index contributed by atoms with van der Waals surface area (Å²) in [5.41, 5.74) is 2.60. The second kappa shape index (κ2) is 11.6. The topological polar surface area (TPSA) is 103 Å². The number of nitrogens with zero attached hydrogens (tertiary/aromatic N) is 2. The molecule has 0 bridgehead atoms. The Bertz CT molecular complexity index is 1730. The smallest absolute Gasteiger partial charge is 0.339 e. The van der Waals surface area contributed by atoms with Crippen molar-refractivity contribution in [1.82, 2.24) is 4.98 Å². The molecule has 8 nitrogen and oxygen atoms in total. The fourth-order valence-electron chi connectivity index (χ4n) is 6.00. The van der Waals surface area contributed by atoms with Crippen molar-refractivity contribution in [1.29, 1.82) is 0 Å². The number of rotatable bonds is 7. The number of amides is 2. The lowest BCUT2D eigenvalue weighted by Crippen LogP contribution is -2.30. The Kier molecular flexibility index (Phi) is 7.71. The molecule has 43 heavy (non-hydrogen) atoms. The molecule has 3 atom stereocenters. The van der Waals surface area contributed by atoms with Gasteiger partial charge < -0.3 is 9.47 Å². The van der Waals surface area contributed by atoms with Gasteiger partial charge in [-0.25, -0.2) is 9.78 Å². The number of fused-ring (bicyclic) bond motifs is 2. The first-order valence-electron chi connectivity index (χ1n) is 14.2. The maximum atomic E-state index is 13.5. The monoisotopic (exact) mass is 596 g/mol. The minimum absolute atomic E-state index is 0.138. The van der Waals surface area contributed by atoms with Gasteiger partial charge in [-0.3, -0.25) is 19.3 Å². The van der Waals surface area contributed by atoms with Crippen molar-refractivity contribution in [2.45, 2.75) is 38.7 Å². The van der Waals surface area contributed by atoms with Gasteiger partial charge in [0, 0.05) is 16.5 Å². The number of aromatic nitrogens is 1. The molecule has 2 amide bonds. The molecule has 1 saturated carbocycles. The van der Waals surface area contributed by atoms with E-state index in [1.807, 2.05) is 0 Å². The van der Waals surface area contributed by atoms with Crippen molar-refractivity contribution in [3.63, 3.8) is 0 Å². The molecule has 0 radical (unpaired) electrons. The molecule has 0 N–H and O–H groups in total. The molecule has 1 aliphatic heterocycles. The second-order valence-electron chi connectivity index (χ2n) is 10.9. The number of hydrogen-bond donors (Lipinski definition) is 0. The Morgan fingerprint density at radius 1 is 0.930 bits per heavy atom. The number of esters is 1. The van der Waals surface area contributed by atoms with Gasteiger partial charge in [-0.15, -0.1) is 0 Å². The van der Waals surface area contributed by atoms with Crippen LogP contribution in [0.15, 0.2) is 72.8 Å². The summed E-state index contributed by atoms with van der Waals surface area (Å²) in [6, 6.07) is 20.2. The number of carbonyl (C=O) groups excluding carboxylic acids is 4. The number of halogens is 1. The highest BCUT2D eigenvalue weighted by molar-refractivity contribution is 6.35. The average Bonchev–Trinajstić information content (AvgIpc) is 3.29. The lowest BCUT2D eigenvalue weighted by atomic mass is 9.81. The summed E-state index contributed by atoms with van der Waals surface area (Å²) in [6.07, 6.45) is 2.36. The Hall–Kier alpha value is -4.56. The summed E-state index contributed by atoms with van der Waals surface area (Å²) in [7, 11) is 1.54. The summed E-state index contributed by atoms with van der Waals surface area (Å²) in [5, 5.41) is 0.834. The lowest BCUT2D eigenvalue weighted by Gasteiger charge is -2.19. The summed E-state index contributed by atoms with van der Waals surface area (Å²) in [6.45, 7) is 1.53. The number of hydrogen-bond acceptors (Lipinski definition) is 7. The van der Waals surface area contributed by atoms with E-state index in [1.165, 1.54) is 18.9 Å². The number of imide groups is 1. The van der Waals surface area contributed by atoms with Crippen LogP contribution in [-0.4, -0.2) is 41.8 Å². The van der Waals surface area contributed by atoms with E-state index in [4.69, 9.17) is 26.1 Å². The number of ether oxygens (including phenoxy) is 2. The quantitative estimate of drug-likeness (QED) is 0.133. The maximum Gasteiger partial charge on any atom is 0.339 e. The first kappa shape index (κ1) is 28.6. The van der Waals surface area contributed by atoms with Gasteiger partial charge in [0.15, 0.2) is 6.10 Å². The molecule has 1 aliphatic carbocycles. The standard InChI is InChI=1S/C34H29ClN2O6/c1-19(31(38)21-12-16-23(42-2)17-13-21)43-34(41)27-18-29(36-30-24(27)8-5-9-28(30)35)20-10-14-22(15-11-20)37-32(39)25-6-3-4-7-26(25)33(37)40/h5,8-19,25-26H,3-4,6-7H2,1-2H3. The van der Waals surface area contributed by atoms with Gasteiger partial charge in [-0.1, -0.05) is 48.7 Å². The lowest BCUT2D eigenvalue weighted by molar-refractivity contribution is -0.122. The number of para-hydroxylation sites is 1. The predicted octanol–water partition coefficient (Wildman–Crippen LogP) is 6.67. The molecule has 2 heterocycles. The normalized spacial score (nSPS) is 18.8. The van der Waals surface area contributed by atoms with Crippen LogP contribution in [0.1, 0.15) is 53.3 Å². The van der Waals surface area contributed by atoms with Crippen molar-refractivity contribution in [3.05, 3.63) is 88.9 Å². The van der Waals surface area contributed by atoms with Gasteiger partial charge in [-0.2, -0.15) is 0 Å². The fourth-order valence-corrected chi connectivity index (χ4v) is 6.21.